The molecule has 0 spiro atoms. The number of ether oxygens (including phenoxy) is 2. The number of amides is 3. The Hall–Kier alpha value is -3.22. The van der Waals surface area contributed by atoms with Gasteiger partial charge >= 0.3 is 12.1 Å². The highest BCUT2D eigenvalue weighted by atomic mass is 16.5. The van der Waals surface area contributed by atoms with Crippen molar-refractivity contribution in [3.05, 3.63) is 54.6 Å². The number of rotatable bonds is 8. The molecule has 7 nitrogen and oxygen atoms in total. The molecule has 0 saturated carbocycles. The molecule has 144 valence electrons. The van der Waals surface area contributed by atoms with Gasteiger partial charge in [0, 0.05) is 24.5 Å². The first-order chi connectivity index (χ1) is 13.1. The summed E-state index contributed by atoms with van der Waals surface area (Å²) in [5.41, 5.74) is 1.38. The first kappa shape index (κ1) is 20.1. The minimum absolute atomic E-state index is 0.258. The van der Waals surface area contributed by atoms with Crippen molar-refractivity contribution < 1.29 is 19.1 Å². The highest BCUT2D eigenvalue weighted by Gasteiger charge is 2.16. The Kier molecular flexibility index (Phi) is 7.96. The van der Waals surface area contributed by atoms with E-state index in [0.717, 1.165) is 5.75 Å². The van der Waals surface area contributed by atoms with Crippen LogP contribution in [-0.4, -0.2) is 38.4 Å². The zero-order valence-corrected chi connectivity index (χ0v) is 15.6. The smallest absolute Gasteiger partial charge is 0.407 e. The molecule has 0 unspecified atom stereocenters. The SMILES string of the molecule is CCOC(=O)NCCN(C(=O)Nc1ccccc1)c1ccc(OCC)cc1. The van der Waals surface area contributed by atoms with Gasteiger partial charge in [0.25, 0.3) is 0 Å². The van der Waals surface area contributed by atoms with Gasteiger partial charge in [-0.3, -0.25) is 4.90 Å². The molecule has 2 N–H and O–H groups in total. The van der Waals surface area contributed by atoms with Crippen LogP contribution in [0.3, 0.4) is 0 Å². The van der Waals surface area contributed by atoms with Crippen molar-refractivity contribution in [2.24, 2.45) is 0 Å². The van der Waals surface area contributed by atoms with E-state index in [2.05, 4.69) is 10.6 Å². The fourth-order valence-electron chi connectivity index (χ4n) is 2.40. The Morgan fingerprint density at radius 2 is 1.67 bits per heavy atom. The molecule has 0 radical (unpaired) electrons. The molecule has 3 amide bonds. The standard InChI is InChI=1S/C20H25N3O4/c1-3-26-18-12-10-17(11-13-18)23(15-14-21-20(25)27-4-2)19(24)22-16-8-6-5-7-9-16/h5-13H,3-4,14-15H2,1-2H3,(H,21,25)(H,22,24). The third kappa shape index (κ3) is 6.54. The highest BCUT2D eigenvalue weighted by Crippen LogP contribution is 2.20. The number of carbonyl (C=O) groups is 2. The summed E-state index contributed by atoms with van der Waals surface area (Å²) in [6.45, 7) is 5.05. The summed E-state index contributed by atoms with van der Waals surface area (Å²) in [5, 5.41) is 5.48. The maximum Gasteiger partial charge on any atom is 0.407 e. The van der Waals surface area contributed by atoms with Crippen LogP contribution >= 0.6 is 0 Å². The van der Waals surface area contributed by atoms with E-state index in [1.807, 2.05) is 37.3 Å². The molecule has 27 heavy (non-hydrogen) atoms. The van der Waals surface area contributed by atoms with E-state index in [-0.39, 0.29) is 19.1 Å². The van der Waals surface area contributed by atoms with Gasteiger partial charge in [-0.1, -0.05) is 18.2 Å². The van der Waals surface area contributed by atoms with Crippen LogP contribution in [0, 0.1) is 0 Å². The Morgan fingerprint density at radius 3 is 2.30 bits per heavy atom. The number of carbonyl (C=O) groups excluding carboxylic acids is 2. The number of hydrogen-bond donors (Lipinski definition) is 2. The summed E-state index contributed by atoms with van der Waals surface area (Å²) in [6, 6.07) is 16.1. The number of alkyl carbamates (subject to hydrolysis) is 1. The summed E-state index contributed by atoms with van der Waals surface area (Å²) in [6.07, 6.45) is -0.507. The van der Waals surface area contributed by atoms with Gasteiger partial charge in [-0.25, -0.2) is 9.59 Å². The molecule has 0 aliphatic carbocycles. The number of nitrogens with zero attached hydrogens (tertiary/aromatic N) is 1. The Morgan fingerprint density at radius 1 is 0.963 bits per heavy atom. The third-order valence-corrected chi connectivity index (χ3v) is 3.61. The lowest BCUT2D eigenvalue weighted by atomic mass is 10.2. The van der Waals surface area contributed by atoms with Crippen molar-refractivity contribution in [3.63, 3.8) is 0 Å². The van der Waals surface area contributed by atoms with Crippen LogP contribution in [0.25, 0.3) is 0 Å². The Balaban J connectivity index is 2.09. The largest absolute Gasteiger partial charge is 0.494 e. The van der Waals surface area contributed by atoms with Crippen LogP contribution in [0.2, 0.25) is 0 Å². The van der Waals surface area contributed by atoms with Crippen molar-refractivity contribution in [1.82, 2.24) is 5.32 Å². The maximum absolute atomic E-state index is 12.8. The van der Waals surface area contributed by atoms with E-state index in [1.165, 1.54) is 0 Å². The molecule has 0 atom stereocenters. The Bertz CT molecular complexity index is 720. The van der Waals surface area contributed by atoms with Gasteiger partial charge < -0.3 is 20.1 Å². The number of anilines is 2. The molecule has 0 bridgehead atoms. The maximum atomic E-state index is 12.8. The number of urea groups is 1. The van der Waals surface area contributed by atoms with Crippen LogP contribution < -0.4 is 20.3 Å². The van der Waals surface area contributed by atoms with E-state index < -0.39 is 6.09 Å². The summed E-state index contributed by atoms with van der Waals surface area (Å²) in [5.74, 6) is 0.731. The summed E-state index contributed by atoms with van der Waals surface area (Å²) < 4.78 is 10.3. The van der Waals surface area contributed by atoms with Crippen molar-refractivity contribution in [3.8, 4) is 5.75 Å². The molecule has 2 aromatic carbocycles. The fraction of sp³-hybridized carbons (Fsp3) is 0.300. The summed E-state index contributed by atoms with van der Waals surface area (Å²) in [7, 11) is 0. The molecule has 7 heteroatoms. The number of para-hydroxylation sites is 1. The van der Waals surface area contributed by atoms with Crippen LogP contribution in [0.1, 0.15) is 13.8 Å². The molecule has 0 heterocycles. The average molecular weight is 371 g/mol. The molecular formula is C20H25N3O4. The molecule has 0 aromatic heterocycles. The molecule has 2 rings (SSSR count). The van der Waals surface area contributed by atoms with Gasteiger partial charge in [-0.2, -0.15) is 0 Å². The third-order valence-electron chi connectivity index (χ3n) is 3.61. The molecule has 0 aliphatic rings. The van der Waals surface area contributed by atoms with E-state index in [0.29, 0.717) is 24.6 Å². The average Bonchev–Trinajstić information content (AvgIpc) is 2.67. The van der Waals surface area contributed by atoms with Gasteiger partial charge in [0.1, 0.15) is 5.75 Å². The zero-order chi connectivity index (χ0) is 19.5. The molecule has 0 fully saturated rings. The minimum Gasteiger partial charge on any atom is -0.494 e. The normalized spacial score (nSPS) is 10.0. The topological polar surface area (TPSA) is 79.9 Å². The quantitative estimate of drug-likeness (QED) is 0.738. The van der Waals surface area contributed by atoms with Crippen LogP contribution in [0.4, 0.5) is 21.0 Å². The first-order valence-corrected chi connectivity index (χ1v) is 8.91. The first-order valence-electron chi connectivity index (χ1n) is 8.91. The van der Waals surface area contributed by atoms with Crippen LogP contribution in [0.5, 0.6) is 5.75 Å². The second-order valence-corrected chi connectivity index (χ2v) is 5.52. The van der Waals surface area contributed by atoms with E-state index in [9.17, 15) is 9.59 Å². The molecule has 0 aliphatic heterocycles. The predicted molar refractivity (Wildman–Crippen MR) is 105 cm³/mol. The molecule has 0 saturated heterocycles. The second kappa shape index (κ2) is 10.7. The number of hydrogen-bond acceptors (Lipinski definition) is 4. The lowest BCUT2D eigenvalue weighted by molar-refractivity contribution is 0.152. The van der Waals surface area contributed by atoms with Crippen molar-refractivity contribution in [2.75, 3.05) is 36.5 Å². The van der Waals surface area contributed by atoms with E-state index in [4.69, 9.17) is 9.47 Å². The fourth-order valence-corrected chi connectivity index (χ4v) is 2.40. The van der Waals surface area contributed by atoms with E-state index in [1.54, 1.807) is 36.1 Å². The van der Waals surface area contributed by atoms with Crippen LogP contribution in [-0.2, 0) is 4.74 Å². The summed E-state index contributed by atoms with van der Waals surface area (Å²) in [4.78, 5) is 25.8. The Labute approximate surface area is 159 Å². The van der Waals surface area contributed by atoms with Gasteiger partial charge in [-0.05, 0) is 50.2 Å². The molecular weight excluding hydrogens is 346 g/mol. The summed E-state index contributed by atoms with van der Waals surface area (Å²) >= 11 is 0. The van der Waals surface area contributed by atoms with Gasteiger partial charge in [0.15, 0.2) is 0 Å². The predicted octanol–water partition coefficient (Wildman–Crippen LogP) is 3.87. The van der Waals surface area contributed by atoms with Gasteiger partial charge in [0.2, 0.25) is 0 Å². The van der Waals surface area contributed by atoms with Gasteiger partial charge in [-0.15, -0.1) is 0 Å². The number of nitrogens with one attached hydrogen (secondary N) is 2. The lowest BCUT2D eigenvalue weighted by Gasteiger charge is -2.23. The van der Waals surface area contributed by atoms with Crippen molar-refractivity contribution in [1.29, 1.82) is 0 Å². The van der Waals surface area contributed by atoms with E-state index >= 15 is 0 Å². The second-order valence-electron chi connectivity index (χ2n) is 5.52. The molecule has 2 aromatic rings. The lowest BCUT2D eigenvalue weighted by Crippen LogP contribution is -2.41. The van der Waals surface area contributed by atoms with Gasteiger partial charge in [0.05, 0.1) is 13.2 Å². The minimum atomic E-state index is -0.507. The zero-order valence-electron chi connectivity index (χ0n) is 15.6. The van der Waals surface area contributed by atoms with Crippen molar-refractivity contribution in [2.45, 2.75) is 13.8 Å². The monoisotopic (exact) mass is 371 g/mol. The van der Waals surface area contributed by atoms with Crippen LogP contribution in [0.15, 0.2) is 54.6 Å². The van der Waals surface area contributed by atoms with Crippen molar-refractivity contribution >= 4 is 23.5 Å². The highest BCUT2D eigenvalue weighted by molar-refractivity contribution is 6.01. The number of benzene rings is 2.